The minimum atomic E-state index is -0.613. The molecule has 2 rings (SSSR count). The number of hydrogen-bond donors (Lipinski definition) is 3. The Morgan fingerprint density at radius 3 is 2.63 bits per heavy atom. The Morgan fingerprint density at radius 1 is 1.26 bits per heavy atom. The minimum Gasteiger partial charge on any atom is -0.505 e. The van der Waals surface area contributed by atoms with Gasteiger partial charge in [0.1, 0.15) is 5.82 Å². The van der Waals surface area contributed by atoms with Crippen LogP contribution in [0.5, 0.6) is 5.75 Å². The first-order chi connectivity index (χ1) is 9.00. The van der Waals surface area contributed by atoms with E-state index >= 15 is 0 Å². The first-order valence-corrected chi connectivity index (χ1v) is 5.64. The maximum atomic E-state index is 13.6. The second-order valence-corrected chi connectivity index (χ2v) is 4.13. The van der Waals surface area contributed by atoms with Gasteiger partial charge in [-0.1, -0.05) is 18.2 Å². The number of anilines is 2. The van der Waals surface area contributed by atoms with Gasteiger partial charge in [-0.25, -0.2) is 4.39 Å². The van der Waals surface area contributed by atoms with Gasteiger partial charge in [-0.2, -0.15) is 0 Å². The van der Waals surface area contributed by atoms with E-state index in [0.717, 1.165) is 0 Å². The molecular formula is C14H13FN2O2. The smallest absolute Gasteiger partial charge is 0.259 e. The fraction of sp³-hybridized carbons (Fsp3) is 0.0714. The van der Waals surface area contributed by atoms with Gasteiger partial charge in [0.25, 0.3) is 5.91 Å². The minimum absolute atomic E-state index is 0.00246. The molecule has 0 atom stereocenters. The number of nitrogens with one attached hydrogen (secondary N) is 1. The van der Waals surface area contributed by atoms with Gasteiger partial charge in [0.15, 0.2) is 5.75 Å². The molecule has 0 saturated carbocycles. The number of rotatable bonds is 2. The van der Waals surface area contributed by atoms with Crippen molar-refractivity contribution >= 4 is 17.3 Å². The molecule has 0 heterocycles. The molecule has 2 aromatic carbocycles. The molecule has 0 aromatic heterocycles. The van der Waals surface area contributed by atoms with Gasteiger partial charge < -0.3 is 16.2 Å². The van der Waals surface area contributed by atoms with Gasteiger partial charge in [-0.05, 0) is 30.7 Å². The van der Waals surface area contributed by atoms with Crippen molar-refractivity contribution in [1.82, 2.24) is 0 Å². The molecule has 19 heavy (non-hydrogen) atoms. The van der Waals surface area contributed by atoms with Crippen LogP contribution in [0.1, 0.15) is 15.9 Å². The number of nitrogen functional groups attached to an aromatic ring is 1. The molecule has 0 bridgehead atoms. The molecule has 0 fully saturated rings. The van der Waals surface area contributed by atoms with E-state index < -0.39 is 11.7 Å². The average Bonchev–Trinajstić information content (AvgIpc) is 2.37. The van der Waals surface area contributed by atoms with Gasteiger partial charge in [-0.15, -0.1) is 0 Å². The fourth-order valence-electron chi connectivity index (χ4n) is 1.72. The Balaban J connectivity index is 2.34. The number of carbonyl (C=O) groups is 1. The molecule has 0 saturated heterocycles. The Bertz CT molecular complexity index is 621. The number of hydrogen-bond acceptors (Lipinski definition) is 3. The summed E-state index contributed by atoms with van der Waals surface area (Å²) in [4.78, 5) is 12.0. The molecule has 5 heteroatoms. The second kappa shape index (κ2) is 4.97. The Hall–Kier alpha value is -2.56. The van der Waals surface area contributed by atoms with Crippen LogP contribution < -0.4 is 11.1 Å². The van der Waals surface area contributed by atoms with E-state index in [0.29, 0.717) is 5.56 Å². The molecule has 98 valence electrons. The highest BCUT2D eigenvalue weighted by Gasteiger charge is 2.15. The second-order valence-electron chi connectivity index (χ2n) is 4.13. The molecule has 0 spiro atoms. The summed E-state index contributed by atoms with van der Waals surface area (Å²) in [5.74, 6) is -1.45. The molecule has 0 aliphatic heterocycles. The highest BCUT2D eigenvalue weighted by Crippen LogP contribution is 2.26. The summed E-state index contributed by atoms with van der Waals surface area (Å²) < 4.78 is 13.6. The number of aryl methyl sites for hydroxylation is 1. The van der Waals surface area contributed by atoms with Crippen molar-refractivity contribution in [2.45, 2.75) is 6.92 Å². The monoisotopic (exact) mass is 260 g/mol. The molecule has 0 aliphatic rings. The van der Waals surface area contributed by atoms with E-state index in [-0.39, 0.29) is 22.7 Å². The lowest BCUT2D eigenvalue weighted by Gasteiger charge is -2.11. The van der Waals surface area contributed by atoms with Gasteiger partial charge in [0, 0.05) is 0 Å². The zero-order chi connectivity index (χ0) is 14.0. The van der Waals surface area contributed by atoms with Crippen LogP contribution in [-0.2, 0) is 0 Å². The summed E-state index contributed by atoms with van der Waals surface area (Å²) in [5, 5.41) is 12.1. The van der Waals surface area contributed by atoms with Crippen LogP contribution in [-0.4, -0.2) is 11.0 Å². The van der Waals surface area contributed by atoms with Crippen molar-refractivity contribution in [2.75, 3.05) is 11.1 Å². The lowest BCUT2D eigenvalue weighted by Crippen LogP contribution is -2.14. The molecule has 4 N–H and O–H groups in total. The third-order valence-electron chi connectivity index (χ3n) is 2.77. The lowest BCUT2D eigenvalue weighted by molar-refractivity contribution is 0.102. The summed E-state index contributed by atoms with van der Waals surface area (Å²) in [6.07, 6.45) is 0. The van der Waals surface area contributed by atoms with Gasteiger partial charge >= 0.3 is 0 Å². The third kappa shape index (κ3) is 2.49. The summed E-state index contributed by atoms with van der Waals surface area (Å²) in [7, 11) is 0. The number of nitrogens with two attached hydrogens (primary N) is 1. The Labute approximate surface area is 109 Å². The normalized spacial score (nSPS) is 10.2. The largest absolute Gasteiger partial charge is 0.505 e. The molecule has 4 nitrogen and oxygen atoms in total. The van der Waals surface area contributed by atoms with E-state index in [2.05, 4.69) is 5.32 Å². The van der Waals surface area contributed by atoms with Crippen LogP contribution >= 0.6 is 0 Å². The highest BCUT2D eigenvalue weighted by atomic mass is 19.1. The van der Waals surface area contributed by atoms with Crippen molar-refractivity contribution in [3.8, 4) is 5.75 Å². The molecule has 1 amide bonds. The van der Waals surface area contributed by atoms with Crippen LogP contribution in [0, 0.1) is 12.7 Å². The molecule has 2 aromatic rings. The predicted molar refractivity (Wildman–Crippen MR) is 71.6 cm³/mol. The van der Waals surface area contributed by atoms with Crippen LogP contribution in [0.2, 0.25) is 0 Å². The van der Waals surface area contributed by atoms with E-state index in [4.69, 9.17) is 5.73 Å². The number of phenols is 1. The van der Waals surface area contributed by atoms with E-state index in [9.17, 15) is 14.3 Å². The van der Waals surface area contributed by atoms with Crippen molar-refractivity contribution in [2.24, 2.45) is 0 Å². The molecule has 0 aliphatic carbocycles. The van der Waals surface area contributed by atoms with Crippen molar-refractivity contribution < 1.29 is 14.3 Å². The van der Waals surface area contributed by atoms with Crippen LogP contribution in [0.15, 0.2) is 36.4 Å². The van der Waals surface area contributed by atoms with Crippen molar-refractivity contribution in [3.63, 3.8) is 0 Å². The summed E-state index contributed by atoms with van der Waals surface area (Å²) in [5.41, 5.74) is 6.29. The Kier molecular flexibility index (Phi) is 3.37. The summed E-state index contributed by atoms with van der Waals surface area (Å²) in [6.45, 7) is 1.68. The first-order valence-electron chi connectivity index (χ1n) is 5.64. The lowest BCUT2D eigenvalue weighted by atomic mass is 10.1. The van der Waals surface area contributed by atoms with Crippen molar-refractivity contribution in [1.29, 1.82) is 0 Å². The topological polar surface area (TPSA) is 75.4 Å². The molecular weight excluding hydrogens is 247 g/mol. The van der Waals surface area contributed by atoms with Crippen LogP contribution in [0.25, 0.3) is 0 Å². The zero-order valence-electron chi connectivity index (χ0n) is 10.3. The number of phenolic OH excluding ortho intramolecular Hbond substituents is 1. The number of amides is 1. The first kappa shape index (κ1) is 12.9. The maximum Gasteiger partial charge on any atom is 0.259 e. The van der Waals surface area contributed by atoms with E-state index in [1.807, 2.05) is 0 Å². The predicted octanol–water partition coefficient (Wildman–Crippen LogP) is 2.67. The van der Waals surface area contributed by atoms with Crippen LogP contribution in [0.3, 0.4) is 0 Å². The quantitative estimate of drug-likeness (QED) is 0.574. The number of benzene rings is 2. The number of carbonyl (C=O) groups excluding carboxylic acids is 1. The zero-order valence-corrected chi connectivity index (χ0v) is 10.3. The fourth-order valence-corrected chi connectivity index (χ4v) is 1.72. The summed E-state index contributed by atoms with van der Waals surface area (Å²) >= 11 is 0. The molecule has 0 unspecified atom stereocenters. The van der Waals surface area contributed by atoms with Gasteiger partial charge in [-0.3, -0.25) is 4.79 Å². The molecule has 0 radical (unpaired) electrons. The van der Waals surface area contributed by atoms with E-state index in [1.54, 1.807) is 19.1 Å². The van der Waals surface area contributed by atoms with Crippen LogP contribution in [0.4, 0.5) is 15.8 Å². The maximum absolute atomic E-state index is 13.6. The van der Waals surface area contributed by atoms with Gasteiger partial charge in [0.2, 0.25) is 0 Å². The van der Waals surface area contributed by atoms with Gasteiger partial charge in [0.05, 0.1) is 16.9 Å². The number of halogens is 1. The average molecular weight is 260 g/mol. The Morgan fingerprint density at radius 2 is 1.95 bits per heavy atom. The summed E-state index contributed by atoms with van der Waals surface area (Å²) in [6, 6.07) is 8.91. The van der Waals surface area contributed by atoms with E-state index in [1.165, 1.54) is 24.3 Å². The number of aromatic hydroxyl groups is 1. The third-order valence-corrected chi connectivity index (χ3v) is 2.77. The standard InChI is InChI=1S/C14H13FN2O2/c1-8-4-2-6-10(15)12(8)17-14(19)9-5-3-7-11(16)13(9)18/h2-7,18H,16H2,1H3,(H,17,19). The highest BCUT2D eigenvalue weighted by molar-refractivity contribution is 6.07. The van der Waals surface area contributed by atoms with Crippen molar-refractivity contribution in [3.05, 3.63) is 53.3 Å². The number of para-hydroxylation sites is 2. The SMILES string of the molecule is Cc1cccc(F)c1NC(=O)c1cccc(N)c1O.